The highest BCUT2D eigenvalue weighted by Gasteiger charge is 2.26. The van der Waals surface area contributed by atoms with Crippen LogP contribution in [-0.4, -0.2) is 60.3 Å². The lowest BCUT2D eigenvalue weighted by atomic mass is 10.1. The van der Waals surface area contributed by atoms with Crippen LogP contribution >= 0.6 is 0 Å². The second kappa shape index (κ2) is 5.69. The summed E-state index contributed by atoms with van der Waals surface area (Å²) in [5.41, 5.74) is 0. The highest BCUT2D eigenvalue weighted by atomic mass is 16.3. The normalized spacial score (nSPS) is 25.9. The summed E-state index contributed by atoms with van der Waals surface area (Å²) in [7, 11) is 2.10. The summed E-state index contributed by atoms with van der Waals surface area (Å²) in [6, 6.07) is 1.04. The minimum atomic E-state index is 0.285. The third kappa shape index (κ3) is 2.69. The average molecular weight is 200 g/mol. The van der Waals surface area contributed by atoms with Crippen LogP contribution in [0.25, 0.3) is 0 Å². The fourth-order valence-electron chi connectivity index (χ4n) is 2.30. The number of likely N-dealkylation sites (N-methyl/N-ethyl adjacent to an activating group) is 1. The first-order valence-electron chi connectivity index (χ1n) is 5.78. The lowest BCUT2D eigenvalue weighted by molar-refractivity contribution is 0.0334. The molecule has 1 heterocycles. The van der Waals surface area contributed by atoms with Crippen LogP contribution in [0.1, 0.15) is 26.7 Å². The van der Waals surface area contributed by atoms with Crippen molar-refractivity contribution in [3.05, 3.63) is 0 Å². The Balaban J connectivity index is 2.48. The quantitative estimate of drug-likeness (QED) is 0.726. The minimum Gasteiger partial charge on any atom is -0.395 e. The van der Waals surface area contributed by atoms with E-state index in [1.165, 1.54) is 12.8 Å². The molecule has 0 aromatic heterocycles. The highest BCUT2D eigenvalue weighted by Crippen LogP contribution is 2.14. The van der Waals surface area contributed by atoms with Gasteiger partial charge in [-0.15, -0.1) is 0 Å². The molecule has 14 heavy (non-hydrogen) atoms. The van der Waals surface area contributed by atoms with Crippen LogP contribution in [0.4, 0.5) is 0 Å². The Labute approximate surface area is 87.7 Å². The van der Waals surface area contributed by atoms with Gasteiger partial charge in [0.25, 0.3) is 0 Å². The monoisotopic (exact) mass is 200 g/mol. The number of hydrogen-bond donors (Lipinski definition) is 1. The first-order chi connectivity index (χ1) is 6.72. The zero-order chi connectivity index (χ0) is 10.6. The van der Waals surface area contributed by atoms with Crippen molar-refractivity contribution in [2.75, 3.05) is 33.3 Å². The molecule has 0 aromatic rings. The van der Waals surface area contributed by atoms with E-state index in [-0.39, 0.29) is 6.61 Å². The van der Waals surface area contributed by atoms with Crippen LogP contribution in [0.15, 0.2) is 0 Å². The molecule has 1 fully saturated rings. The Hall–Kier alpha value is -0.120. The molecule has 1 rings (SSSR count). The second-order valence-electron chi connectivity index (χ2n) is 4.28. The molecule has 0 saturated carbocycles. The molecule has 0 aliphatic carbocycles. The molecule has 0 radical (unpaired) electrons. The van der Waals surface area contributed by atoms with Crippen LogP contribution in [0, 0.1) is 0 Å². The van der Waals surface area contributed by atoms with Gasteiger partial charge in [-0.2, -0.15) is 0 Å². The maximum atomic E-state index is 9.24. The van der Waals surface area contributed by atoms with E-state index >= 15 is 0 Å². The number of rotatable bonds is 4. The van der Waals surface area contributed by atoms with E-state index in [0.29, 0.717) is 12.1 Å². The van der Waals surface area contributed by atoms with Gasteiger partial charge < -0.3 is 5.11 Å². The SMILES string of the molecule is CCC(CC)N1CCN(C)C(CO)C1. The molecule has 0 bridgehead atoms. The van der Waals surface area contributed by atoms with Crippen molar-refractivity contribution in [1.82, 2.24) is 9.80 Å². The Morgan fingerprint density at radius 1 is 1.29 bits per heavy atom. The molecule has 0 spiro atoms. The molecule has 84 valence electrons. The van der Waals surface area contributed by atoms with Gasteiger partial charge in [-0.05, 0) is 19.9 Å². The van der Waals surface area contributed by atoms with Gasteiger partial charge in [0.2, 0.25) is 0 Å². The number of aliphatic hydroxyl groups excluding tert-OH is 1. The van der Waals surface area contributed by atoms with Crippen molar-refractivity contribution in [3.63, 3.8) is 0 Å². The molecule has 0 aromatic carbocycles. The smallest absolute Gasteiger partial charge is 0.0599 e. The van der Waals surface area contributed by atoms with Crippen LogP contribution in [0.5, 0.6) is 0 Å². The molecule has 1 aliphatic rings. The van der Waals surface area contributed by atoms with Crippen molar-refractivity contribution in [3.8, 4) is 0 Å². The molecule has 1 atom stereocenters. The van der Waals surface area contributed by atoms with E-state index in [0.717, 1.165) is 19.6 Å². The molecule has 3 nitrogen and oxygen atoms in total. The molecule has 1 saturated heterocycles. The fourth-order valence-corrected chi connectivity index (χ4v) is 2.30. The van der Waals surface area contributed by atoms with Gasteiger partial charge in [0, 0.05) is 31.7 Å². The Morgan fingerprint density at radius 2 is 1.93 bits per heavy atom. The predicted octanol–water partition coefficient (Wildman–Crippen LogP) is 0.783. The van der Waals surface area contributed by atoms with E-state index < -0.39 is 0 Å². The van der Waals surface area contributed by atoms with E-state index in [4.69, 9.17) is 0 Å². The maximum absolute atomic E-state index is 9.24. The summed E-state index contributed by atoms with van der Waals surface area (Å²) >= 11 is 0. The standard InChI is InChI=1S/C11H24N2O/c1-4-10(5-2)13-7-6-12(3)11(8-13)9-14/h10-11,14H,4-9H2,1-3H3. The van der Waals surface area contributed by atoms with Crippen molar-refractivity contribution in [2.24, 2.45) is 0 Å². The Bertz CT molecular complexity index is 157. The summed E-state index contributed by atoms with van der Waals surface area (Å²) in [4.78, 5) is 4.79. The summed E-state index contributed by atoms with van der Waals surface area (Å²) in [6.45, 7) is 8.05. The van der Waals surface area contributed by atoms with Gasteiger partial charge >= 0.3 is 0 Å². The van der Waals surface area contributed by atoms with E-state index in [2.05, 4.69) is 30.7 Å². The topological polar surface area (TPSA) is 26.7 Å². The van der Waals surface area contributed by atoms with Crippen LogP contribution < -0.4 is 0 Å². The fraction of sp³-hybridized carbons (Fsp3) is 1.00. The predicted molar refractivity (Wildman–Crippen MR) is 59.4 cm³/mol. The van der Waals surface area contributed by atoms with Gasteiger partial charge in [0.15, 0.2) is 0 Å². The third-order valence-electron chi connectivity index (χ3n) is 3.48. The van der Waals surface area contributed by atoms with Crippen molar-refractivity contribution >= 4 is 0 Å². The van der Waals surface area contributed by atoms with E-state index in [9.17, 15) is 5.11 Å². The summed E-state index contributed by atoms with van der Waals surface area (Å²) in [5, 5.41) is 9.24. The second-order valence-corrected chi connectivity index (χ2v) is 4.28. The number of piperazine rings is 1. The largest absolute Gasteiger partial charge is 0.395 e. The Kier molecular flexibility index (Phi) is 4.85. The zero-order valence-corrected chi connectivity index (χ0v) is 9.74. The van der Waals surface area contributed by atoms with Crippen LogP contribution in [0.2, 0.25) is 0 Å². The molecule has 1 N–H and O–H groups in total. The molecule has 1 aliphatic heterocycles. The van der Waals surface area contributed by atoms with Gasteiger partial charge in [-0.25, -0.2) is 0 Å². The van der Waals surface area contributed by atoms with Gasteiger partial charge in [-0.1, -0.05) is 13.8 Å². The average Bonchev–Trinajstić information content (AvgIpc) is 2.22. The number of aliphatic hydroxyl groups is 1. The molecule has 3 heteroatoms. The zero-order valence-electron chi connectivity index (χ0n) is 9.74. The lowest BCUT2D eigenvalue weighted by Crippen LogP contribution is -2.55. The van der Waals surface area contributed by atoms with Crippen LogP contribution in [0.3, 0.4) is 0 Å². The Morgan fingerprint density at radius 3 is 2.43 bits per heavy atom. The van der Waals surface area contributed by atoms with E-state index in [1.54, 1.807) is 0 Å². The summed E-state index contributed by atoms with van der Waals surface area (Å²) in [6.07, 6.45) is 2.44. The number of nitrogens with zero attached hydrogens (tertiary/aromatic N) is 2. The summed E-state index contributed by atoms with van der Waals surface area (Å²) < 4.78 is 0. The van der Waals surface area contributed by atoms with Gasteiger partial charge in [-0.3, -0.25) is 9.80 Å². The number of hydrogen-bond acceptors (Lipinski definition) is 3. The van der Waals surface area contributed by atoms with Crippen molar-refractivity contribution < 1.29 is 5.11 Å². The minimum absolute atomic E-state index is 0.285. The highest BCUT2D eigenvalue weighted by molar-refractivity contribution is 4.82. The lowest BCUT2D eigenvalue weighted by Gasteiger charge is -2.42. The third-order valence-corrected chi connectivity index (χ3v) is 3.48. The van der Waals surface area contributed by atoms with Crippen LogP contribution in [-0.2, 0) is 0 Å². The first kappa shape index (κ1) is 12.0. The van der Waals surface area contributed by atoms with Gasteiger partial charge in [0.05, 0.1) is 6.61 Å². The van der Waals surface area contributed by atoms with Crippen molar-refractivity contribution in [2.45, 2.75) is 38.8 Å². The molecular weight excluding hydrogens is 176 g/mol. The molecule has 1 unspecified atom stereocenters. The first-order valence-corrected chi connectivity index (χ1v) is 5.78. The van der Waals surface area contributed by atoms with Gasteiger partial charge in [0.1, 0.15) is 0 Å². The molecule has 0 amide bonds. The maximum Gasteiger partial charge on any atom is 0.0599 e. The van der Waals surface area contributed by atoms with E-state index in [1.807, 2.05) is 0 Å². The van der Waals surface area contributed by atoms with Crippen molar-refractivity contribution in [1.29, 1.82) is 0 Å². The summed E-state index contributed by atoms with van der Waals surface area (Å²) in [5.74, 6) is 0. The molecular formula is C11H24N2O.